The van der Waals surface area contributed by atoms with Gasteiger partial charge in [0.2, 0.25) is 11.8 Å². The molecule has 0 amide bonds. The van der Waals surface area contributed by atoms with Crippen LogP contribution in [0, 0.1) is 0 Å². The van der Waals surface area contributed by atoms with Crippen molar-refractivity contribution >= 4 is 17.5 Å². The van der Waals surface area contributed by atoms with Crippen molar-refractivity contribution in [1.29, 1.82) is 0 Å². The topological polar surface area (TPSA) is 94.7 Å². The first-order chi connectivity index (χ1) is 16.8. The highest BCUT2D eigenvalue weighted by molar-refractivity contribution is 6.30. The molecule has 0 bridgehead atoms. The van der Waals surface area contributed by atoms with Crippen molar-refractivity contribution in [3.8, 4) is 17.4 Å². The minimum atomic E-state index is -4.42. The Morgan fingerprint density at radius 3 is 2.57 bits per heavy atom. The number of aryl methyl sites for hydroxylation is 1. The minimum Gasteiger partial charge on any atom is -0.468 e. The molecule has 0 radical (unpaired) electrons. The van der Waals surface area contributed by atoms with Gasteiger partial charge in [0.1, 0.15) is 5.69 Å². The summed E-state index contributed by atoms with van der Waals surface area (Å²) in [7, 11) is 1.86. The molecule has 13 heteroatoms. The maximum absolute atomic E-state index is 12.3. The summed E-state index contributed by atoms with van der Waals surface area (Å²) in [6, 6.07) is 6.56. The van der Waals surface area contributed by atoms with Crippen LogP contribution in [0.15, 0.2) is 55.2 Å². The molecule has 0 aliphatic carbocycles. The van der Waals surface area contributed by atoms with Gasteiger partial charge in [0.15, 0.2) is 12.4 Å². The molecular formula is C22H20ClF3N8O. The molecule has 0 saturated heterocycles. The Labute approximate surface area is 203 Å². The molecule has 0 aliphatic rings. The van der Waals surface area contributed by atoms with Crippen LogP contribution in [0.1, 0.15) is 11.3 Å². The summed E-state index contributed by atoms with van der Waals surface area (Å²) in [5.74, 6) is 1.01. The summed E-state index contributed by atoms with van der Waals surface area (Å²) in [6.07, 6.45) is 3.93. The lowest BCUT2D eigenvalue weighted by Gasteiger charge is -2.19. The van der Waals surface area contributed by atoms with Gasteiger partial charge in [0.25, 0.3) is 0 Å². The van der Waals surface area contributed by atoms with Gasteiger partial charge in [-0.3, -0.25) is 14.5 Å². The zero-order valence-corrected chi connectivity index (χ0v) is 19.3. The first kappa shape index (κ1) is 24.3. The van der Waals surface area contributed by atoms with Crippen LogP contribution in [-0.4, -0.2) is 54.5 Å². The summed E-state index contributed by atoms with van der Waals surface area (Å²) < 4.78 is 43.6. The van der Waals surface area contributed by atoms with Crippen molar-refractivity contribution in [2.24, 2.45) is 0 Å². The first-order valence-corrected chi connectivity index (χ1v) is 10.8. The van der Waals surface area contributed by atoms with Crippen molar-refractivity contribution in [2.75, 3.05) is 18.6 Å². The van der Waals surface area contributed by atoms with E-state index in [1.54, 1.807) is 43.0 Å². The Morgan fingerprint density at radius 1 is 1.03 bits per heavy atom. The average molecular weight is 505 g/mol. The van der Waals surface area contributed by atoms with Crippen molar-refractivity contribution in [3.05, 3.63) is 71.5 Å². The number of halogens is 4. The van der Waals surface area contributed by atoms with E-state index in [9.17, 15) is 13.2 Å². The Balaban J connectivity index is 1.53. The maximum Gasteiger partial charge on any atom is 0.422 e. The van der Waals surface area contributed by atoms with Crippen LogP contribution in [0.3, 0.4) is 0 Å². The quantitative estimate of drug-likeness (QED) is 0.337. The molecule has 182 valence electrons. The van der Waals surface area contributed by atoms with E-state index in [4.69, 9.17) is 11.6 Å². The summed E-state index contributed by atoms with van der Waals surface area (Å²) in [5.41, 5.74) is 2.11. The second-order valence-electron chi connectivity index (χ2n) is 7.55. The van der Waals surface area contributed by atoms with Crippen LogP contribution < -0.4 is 9.64 Å². The molecule has 35 heavy (non-hydrogen) atoms. The standard InChI is InChI=1S/C22H20ClF3N8O/c1-33(13-17-10-16(23)4-6-28-17)21-32-31-20(18-12-27-7-8-29-18)34(21)9-5-15-2-3-19(30-11-15)35-14-22(24,25)26/h2-4,6-8,10-12H,5,9,13-14H2,1H3. The molecular weight excluding hydrogens is 485 g/mol. The van der Waals surface area contributed by atoms with Gasteiger partial charge in [-0.15, -0.1) is 10.2 Å². The zero-order valence-electron chi connectivity index (χ0n) is 18.5. The van der Waals surface area contributed by atoms with E-state index >= 15 is 0 Å². The number of hydrogen-bond donors (Lipinski definition) is 0. The predicted octanol–water partition coefficient (Wildman–Crippen LogP) is 4.00. The van der Waals surface area contributed by atoms with E-state index in [1.165, 1.54) is 12.3 Å². The largest absolute Gasteiger partial charge is 0.468 e. The zero-order chi connectivity index (χ0) is 24.8. The van der Waals surface area contributed by atoms with Crippen molar-refractivity contribution in [1.82, 2.24) is 34.7 Å². The highest BCUT2D eigenvalue weighted by Gasteiger charge is 2.28. The Bertz CT molecular complexity index is 1250. The van der Waals surface area contributed by atoms with Gasteiger partial charge in [0, 0.05) is 49.5 Å². The molecule has 0 fully saturated rings. The molecule has 0 unspecified atom stereocenters. The normalized spacial score (nSPS) is 11.5. The summed E-state index contributed by atoms with van der Waals surface area (Å²) in [5, 5.41) is 9.26. The predicted molar refractivity (Wildman–Crippen MR) is 122 cm³/mol. The number of rotatable bonds is 9. The number of ether oxygens (including phenoxy) is 1. The maximum atomic E-state index is 12.3. The van der Waals surface area contributed by atoms with Gasteiger partial charge in [-0.2, -0.15) is 13.2 Å². The number of aromatic nitrogens is 7. The third-order valence-corrected chi connectivity index (χ3v) is 5.08. The molecule has 4 heterocycles. The second kappa shape index (κ2) is 10.6. The molecule has 0 aliphatic heterocycles. The smallest absolute Gasteiger partial charge is 0.422 e. The van der Waals surface area contributed by atoms with Gasteiger partial charge in [-0.25, -0.2) is 9.97 Å². The molecule has 4 aromatic rings. The number of nitrogens with zero attached hydrogens (tertiary/aromatic N) is 8. The van der Waals surface area contributed by atoms with Gasteiger partial charge in [-0.1, -0.05) is 17.7 Å². The van der Waals surface area contributed by atoms with Gasteiger partial charge >= 0.3 is 6.18 Å². The summed E-state index contributed by atoms with van der Waals surface area (Å²) >= 11 is 6.08. The van der Waals surface area contributed by atoms with E-state index in [0.717, 1.165) is 11.3 Å². The molecule has 0 spiro atoms. The van der Waals surface area contributed by atoms with Crippen molar-refractivity contribution in [2.45, 2.75) is 25.7 Å². The van der Waals surface area contributed by atoms with Crippen LogP contribution in [0.5, 0.6) is 5.88 Å². The fraction of sp³-hybridized carbons (Fsp3) is 0.273. The molecule has 9 nitrogen and oxygen atoms in total. The monoisotopic (exact) mass is 504 g/mol. The highest BCUT2D eigenvalue weighted by atomic mass is 35.5. The second-order valence-corrected chi connectivity index (χ2v) is 7.98. The van der Waals surface area contributed by atoms with Crippen LogP contribution in [0.2, 0.25) is 5.02 Å². The van der Waals surface area contributed by atoms with Crippen molar-refractivity contribution < 1.29 is 17.9 Å². The fourth-order valence-corrected chi connectivity index (χ4v) is 3.46. The molecule has 0 aromatic carbocycles. The van der Waals surface area contributed by atoms with Gasteiger partial charge < -0.3 is 9.64 Å². The number of alkyl halides is 3. The molecule has 4 rings (SSSR count). The highest BCUT2D eigenvalue weighted by Crippen LogP contribution is 2.23. The van der Waals surface area contributed by atoms with E-state index < -0.39 is 12.8 Å². The van der Waals surface area contributed by atoms with Crippen LogP contribution in [-0.2, 0) is 19.5 Å². The average Bonchev–Trinajstić information content (AvgIpc) is 3.26. The Kier molecular flexibility index (Phi) is 7.39. The SMILES string of the molecule is CN(Cc1cc(Cl)ccn1)c1nnc(-c2cnccn2)n1CCc1ccc(OCC(F)(F)F)nc1. The summed E-state index contributed by atoms with van der Waals surface area (Å²) in [6.45, 7) is -0.503. The van der Waals surface area contributed by atoms with E-state index in [2.05, 4.69) is 34.9 Å². The molecule has 4 aromatic heterocycles. The molecule has 0 atom stereocenters. The van der Waals surface area contributed by atoms with Crippen LogP contribution >= 0.6 is 11.6 Å². The minimum absolute atomic E-state index is 0.0925. The number of hydrogen-bond acceptors (Lipinski definition) is 8. The third-order valence-electron chi connectivity index (χ3n) is 4.85. The third kappa shape index (κ3) is 6.63. The Morgan fingerprint density at radius 2 is 1.89 bits per heavy atom. The number of pyridine rings is 2. The van der Waals surface area contributed by atoms with Gasteiger partial charge in [-0.05, 0) is 24.1 Å². The Hall–Kier alpha value is -3.80. The van der Waals surface area contributed by atoms with E-state index in [1.807, 2.05) is 16.5 Å². The van der Waals surface area contributed by atoms with E-state index in [0.29, 0.717) is 42.0 Å². The van der Waals surface area contributed by atoms with Crippen LogP contribution in [0.4, 0.5) is 19.1 Å². The lowest BCUT2D eigenvalue weighted by atomic mass is 10.2. The van der Waals surface area contributed by atoms with E-state index in [-0.39, 0.29) is 5.88 Å². The van der Waals surface area contributed by atoms with Crippen molar-refractivity contribution in [3.63, 3.8) is 0 Å². The lowest BCUT2D eigenvalue weighted by molar-refractivity contribution is -0.154. The van der Waals surface area contributed by atoms with Crippen LogP contribution in [0.25, 0.3) is 11.5 Å². The summed E-state index contributed by atoms with van der Waals surface area (Å²) in [4.78, 5) is 18.6. The molecule has 0 saturated carbocycles. The molecule has 0 N–H and O–H groups in total. The number of anilines is 1. The first-order valence-electron chi connectivity index (χ1n) is 10.4. The lowest BCUT2D eigenvalue weighted by Crippen LogP contribution is -2.22. The fourth-order valence-electron chi connectivity index (χ4n) is 3.28. The van der Waals surface area contributed by atoms with Gasteiger partial charge in [0.05, 0.1) is 18.4 Å².